The molecule has 1 heterocycles. The highest BCUT2D eigenvalue weighted by atomic mass is 19.3. The third-order valence-electron chi connectivity index (χ3n) is 7.07. The normalized spacial score (nSPS) is 25.0. The van der Waals surface area contributed by atoms with Crippen LogP contribution in [0.25, 0.3) is 11.3 Å². The Morgan fingerprint density at radius 1 is 1.18 bits per heavy atom. The quantitative estimate of drug-likeness (QED) is 0.499. The SMILES string of the molecule is Cc1ncc(-c2ccc([C@H]3C[C@H](F)[C@H](F)c4cc(F)cc(C#N)c43)c3c2[C@H](O)C(F)(F)C3)n1C. The number of nitriles is 1. The van der Waals surface area contributed by atoms with Crippen LogP contribution in [-0.4, -0.2) is 26.8 Å². The molecule has 0 radical (unpaired) electrons. The molecule has 2 aliphatic carbocycles. The molecule has 2 aliphatic rings. The third-order valence-corrected chi connectivity index (χ3v) is 7.07. The summed E-state index contributed by atoms with van der Waals surface area (Å²) in [6, 6.07) is 6.73. The van der Waals surface area contributed by atoms with Gasteiger partial charge in [0.1, 0.15) is 23.9 Å². The van der Waals surface area contributed by atoms with Gasteiger partial charge in [-0.1, -0.05) is 12.1 Å². The van der Waals surface area contributed by atoms with Gasteiger partial charge in [-0.15, -0.1) is 0 Å². The van der Waals surface area contributed by atoms with Crippen molar-refractivity contribution < 1.29 is 27.1 Å². The van der Waals surface area contributed by atoms with Crippen molar-refractivity contribution >= 4 is 0 Å². The lowest BCUT2D eigenvalue weighted by Gasteiger charge is -2.33. The first kappa shape index (κ1) is 22.5. The third kappa shape index (κ3) is 3.16. The fourth-order valence-electron chi connectivity index (χ4n) is 5.33. The van der Waals surface area contributed by atoms with Crippen LogP contribution in [0.3, 0.4) is 0 Å². The molecule has 176 valence electrons. The first-order valence-electron chi connectivity index (χ1n) is 10.8. The van der Waals surface area contributed by atoms with Crippen LogP contribution in [0.4, 0.5) is 22.0 Å². The fraction of sp³-hybridized carbons (Fsp3) is 0.360. The molecule has 1 aromatic heterocycles. The highest BCUT2D eigenvalue weighted by molar-refractivity contribution is 5.70. The summed E-state index contributed by atoms with van der Waals surface area (Å²) in [7, 11) is 1.72. The minimum absolute atomic E-state index is 0.00505. The van der Waals surface area contributed by atoms with Crippen molar-refractivity contribution in [1.82, 2.24) is 9.55 Å². The summed E-state index contributed by atoms with van der Waals surface area (Å²) in [5.41, 5.74) is 0.933. The predicted molar refractivity (Wildman–Crippen MR) is 113 cm³/mol. The number of hydrogen-bond donors (Lipinski definition) is 1. The molecule has 4 nitrogen and oxygen atoms in total. The maximum absolute atomic E-state index is 14.8. The zero-order chi connectivity index (χ0) is 24.5. The van der Waals surface area contributed by atoms with E-state index in [1.165, 1.54) is 6.20 Å². The lowest BCUT2D eigenvalue weighted by Crippen LogP contribution is -2.25. The molecule has 0 saturated carbocycles. The van der Waals surface area contributed by atoms with Crippen molar-refractivity contribution in [3.05, 3.63) is 75.5 Å². The van der Waals surface area contributed by atoms with Gasteiger partial charge in [-0.25, -0.2) is 26.9 Å². The van der Waals surface area contributed by atoms with Crippen molar-refractivity contribution in [3.8, 4) is 17.3 Å². The molecule has 0 unspecified atom stereocenters. The fourth-order valence-corrected chi connectivity index (χ4v) is 5.33. The lowest BCUT2D eigenvalue weighted by atomic mass is 9.73. The van der Waals surface area contributed by atoms with E-state index in [0.29, 0.717) is 17.1 Å². The Bertz CT molecular complexity index is 1360. The van der Waals surface area contributed by atoms with E-state index in [9.17, 15) is 32.3 Å². The Morgan fingerprint density at radius 2 is 1.91 bits per heavy atom. The van der Waals surface area contributed by atoms with Crippen molar-refractivity contribution in [2.45, 2.75) is 50.1 Å². The van der Waals surface area contributed by atoms with Crippen LogP contribution in [0.2, 0.25) is 0 Å². The van der Waals surface area contributed by atoms with E-state index in [4.69, 9.17) is 0 Å². The number of aromatic nitrogens is 2. The maximum atomic E-state index is 14.8. The summed E-state index contributed by atoms with van der Waals surface area (Å²) >= 11 is 0. The van der Waals surface area contributed by atoms with Crippen LogP contribution in [0.15, 0.2) is 30.5 Å². The number of rotatable bonds is 2. The molecule has 0 bridgehead atoms. The summed E-state index contributed by atoms with van der Waals surface area (Å²) in [6.07, 6.45) is -5.92. The number of aliphatic hydroxyl groups is 1. The van der Waals surface area contributed by atoms with E-state index < -0.39 is 48.9 Å². The minimum atomic E-state index is -3.48. The van der Waals surface area contributed by atoms with E-state index in [2.05, 4.69) is 4.98 Å². The summed E-state index contributed by atoms with van der Waals surface area (Å²) < 4.78 is 74.8. The van der Waals surface area contributed by atoms with Crippen molar-refractivity contribution in [3.63, 3.8) is 0 Å². The van der Waals surface area contributed by atoms with Crippen LogP contribution >= 0.6 is 0 Å². The van der Waals surface area contributed by atoms with Gasteiger partial charge in [0.25, 0.3) is 5.92 Å². The van der Waals surface area contributed by atoms with Gasteiger partial charge in [0, 0.05) is 24.9 Å². The number of nitrogens with zero attached hydrogens (tertiary/aromatic N) is 3. The summed E-state index contributed by atoms with van der Waals surface area (Å²) in [6.45, 7) is 1.75. The number of aliphatic hydroxyl groups excluding tert-OH is 1. The molecular weight excluding hydrogens is 453 g/mol. The monoisotopic (exact) mass is 473 g/mol. The first-order chi connectivity index (χ1) is 16.0. The molecule has 0 spiro atoms. The Morgan fingerprint density at radius 3 is 2.56 bits per heavy atom. The molecule has 9 heteroatoms. The van der Waals surface area contributed by atoms with Crippen LogP contribution in [0.1, 0.15) is 63.8 Å². The molecule has 4 atom stereocenters. The van der Waals surface area contributed by atoms with Crippen LogP contribution < -0.4 is 0 Å². The van der Waals surface area contributed by atoms with Gasteiger partial charge in [0.05, 0.1) is 23.5 Å². The van der Waals surface area contributed by atoms with Crippen molar-refractivity contribution in [1.29, 1.82) is 5.26 Å². The highest BCUT2D eigenvalue weighted by Gasteiger charge is 2.50. The van der Waals surface area contributed by atoms with Gasteiger partial charge in [0.2, 0.25) is 0 Å². The number of aryl methyl sites for hydroxylation is 1. The van der Waals surface area contributed by atoms with Gasteiger partial charge >= 0.3 is 0 Å². The van der Waals surface area contributed by atoms with Gasteiger partial charge in [-0.05, 0) is 53.3 Å². The minimum Gasteiger partial charge on any atom is -0.382 e. The molecule has 3 aromatic rings. The number of halogens is 5. The molecule has 0 saturated heterocycles. The Labute approximate surface area is 192 Å². The Hall–Kier alpha value is -3.25. The molecule has 0 amide bonds. The second-order valence-electron chi connectivity index (χ2n) is 8.96. The van der Waals surface area contributed by atoms with E-state index in [-0.39, 0.29) is 33.4 Å². The molecule has 34 heavy (non-hydrogen) atoms. The average molecular weight is 473 g/mol. The second kappa shape index (κ2) is 7.64. The zero-order valence-electron chi connectivity index (χ0n) is 18.3. The standard InChI is InChI=1S/C25H20F5N3O/c1-11-32-10-20(33(11)2)15-4-3-14(18-8-25(29,30)24(34)22(15)18)16-7-19(27)23(28)17-6-13(26)5-12(9-31)21(16)17/h3-6,10,16,19,23-24,34H,7-8H2,1-2H3/t16-,19+,23-,24+/m1/s1. The van der Waals surface area contributed by atoms with E-state index in [1.54, 1.807) is 30.7 Å². The van der Waals surface area contributed by atoms with E-state index in [0.717, 1.165) is 12.1 Å². The second-order valence-corrected chi connectivity index (χ2v) is 8.96. The van der Waals surface area contributed by atoms with E-state index >= 15 is 0 Å². The number of fused-ring (bicyclic) bond motifs is 2. The first-order valence-corrected chi connectivity index (χ1v) is 10.8. The summed E-state index contributed by atoms with van der Waals surface area (Å²) in [5, 5.41) is 20.2. The smallest absolute Gasteiger partial charge is 0.281 e. The Kier molecular flexibility index (Phi) is 5.06. The molecular formula is C25H20F5N3O. The molecule has 0 fully saturated rings. The van der Waals surface area contributed by atoms with Crippen LogP contribution in [0.5, 0.6) is 0 Å². The van der Waals surface area contributed by atoms with Crippen LogP contribution in [0, 0.1) is 24.1 Å². The summed E-state index contributed by atoms with van der Waals surface area (Å²) in [4.78, 5) is 4.20. The van der Waals surface area contributed by atoms with Gasteiger partial charge < -0.3 is 9.67 Å². The maximum Gasteiger partial charge on any atom is 0.281 e. The molecule has 2 aromatic carbocycles. The van der Waals surface area contributed by atoms with E-state index in [1.807, 2.05) is 6.07 Å². The average Bonchev–Trinajstić information content (AvgIpc) is 3.25. The number of imidazole rings is 1. The van der Waals surface area contributed by atoms with Gasteiger partial charge in [-0.3, -0.25) is 0 Å². The predicted octanol–water partition coefficient (Wildman–Crippen LogP) is 5.52. The largest absolute Gasteiger partial charge is 0.382 e. The summed E-state index contributed by atoms with van der Waals surface area (Å²) in [5.74, 6) is -4.66. The van der Waals surface area contributed by atoms with Crippen LogP contribution in [-0.2, 0) is 13.5 Å². The number of hydrogen-bond acceptors (Lipinski definition) is 3. The highest BCUT2D eigenvalue weighted by Crippen LogP contribution is 2.53. The number of benzene rings is 2. The van der Waals surface area contributed by atoms with Gasteiger partial charge in [0.15, 0.2) is 6.17 Å². The lowest BCUT2D eigenvalue weighted by molar-refractivity contribution is -0.0966. The number of alkyl halides is 4. The molecule has 5 rings (SSSR count). The van der Waals surface area contributed by atoms with Crippen molar-refractivity contribution in [2.75, 3.05) is 0 Å². The topological polar surface area (TPSA) is 61.8 Å². The van der Waals surface area contributed by atoms with Gasteiger partial charge in [-0.2, -0.15) is 5.26 Å². The molecule has 1 N–H and O–H groups in total. The van der Waals surface area contributed by atoms with Crippen molar-refractivity contribution in [2.24, 2.45) is 7.05 Å². The Balaban J connectivity index is 1.77. The zero-order valence-corrected chi connectivity index (χ0v) is 18.3. The molecule has 0 aliphatic heterocycles.